The Balaban J connectivity index is 1.78. The molecular weight excluding hydrogens is 322 g/mol. The van der Waals surface area contributed by atoms with Gasteiger partial charge in [-0.05, 0) is 31.0 Å². The number of H-pyrrole nitrogens is 1. The first-order valence-electron chi connectivity index (χ1n) is 7.79. The number of nitro benzene ring substituents is 1. The fraction of sp³-hybridized carbons (Fsp3) is 0.167. The lowest BCUT2D eigenvalue weighted by Crippen LogP contribution is -2.10. The van der Waals surface area contributed by atoms with Gasteiger partial charge < -0.3 is 15.4 Å². The molecule has 0 radical (unpaired) electrons. The fourth-order valence-electron chi connectivity index (χ4n) is 2.96. The Morgan fingerprint density at radius 3 is 2.76 bits per heavy atom. The van der Waals surface area contributed by atoms with Crippen LogP contribution in [-0.2, 0) is 6.42 Å². The molecule has 0 saturated heterocycles. The molecule has 0 fully saturated rings. The van der Waals surface area contributed by atoms with E-state index in [0.717, 1.165) is 22.7 Å². The Kier molecular flexibility index (Phi) is 4.38. The zero-order valence-corrected chi connectivity index (χ0v) is 13.6. The van der Waals surface area contributed by atoms with Crippen molar-refractivity contribution in [2.75, 3.05) is 11.9 Å². The number of aryl methyl sites for hydroxylation is 1. The monoisotopic (exact) mass is 339 g/mol. The largest absolute Gasteiger partial charge is 0.478 e. The highest BCUT2D eigenvalue weighted by Gasteiger charge is 2.16. The fourth-order valence-corrected chi connectivity index (χ4v) is 2.96. The third kappa shape index (κ3) is 3.30. The summed E-state index contributed by atoms with van der Waals surface area (Å²) in [6.45, 7) is 2.52. The summed E-state index contributed by atoms with van der Waals surface area (Å²) in [6.07, 6.45) is 0.700. The molecule has 7 nitrogen and oxygen atoms in total. The zero-order valence-electron chi connectivity index (χ0n) is 13.6. The van der Waals surface area contributed by atoms with E-state index in [9.17, 15) is 20.0 Å². The molecular formula is C18H17N3O4. The molecule has 25 heavy (non-hydrogen) atoms. The number of fused-ring (bicyclic) bond motifs is 1. The van der Waals surface area contributed by atoms with Crippen LogP contribution in [0, 0.1) is 17.0 Å². The third-order valence-corrected chi connectivity index (χ3v) is 4.16. The van der Waals surface area contributed by atoms with Gasteiger partial charge in [0.15, 0.2) is 0 Å². The Labute approximate surface area is 143 Å². The lowest BCUT2D eigenvalue weighted by molar-refractivity contribution is -0.384. The SMILES string of the molecule is Cc1[nH]c2ccccc2c1CCNc1ccc([N+](=O)[O-])cc1C(=O)O. The van der Waals surface area contributed by atoms with E-state index in [1.807, 2.05) is 31.2 Å². The van der Waals surface area contributed by atoms with Crippen molar-refractivity contribution in [3.05, 3.63) is 69.4 Å². The van der Waals surface area contributed by atoms with E-state index in [2.05, 4.69) is 10.3 Å². The molecule has 7 heteroatoms. The lowest BCUT2D eigenvalue weighted by Gasteiger charge is -2.10. The number of carboxylic acid groups (broad SMARTS) is 1. The predicted molar refractivity (Wildman–Crippen MR) is 95.3 cm³/mol. The number of rotatable bonds is 6. The normalized spacial score (nSPS) is 10.8. The number of para-hydroxylation sites is 1. The Morgan fingerprint density at radius 2 is 2.04 bits per heavy atom. The Bertz CT molecular complexity index is 962. The molecule has 1 aromatic heterocycles. The van der Waals surface area contributed by atoms with Crippen molar-refractivity contribution in [3.8, 4) is 0 Å². The maximum Gasteiger partial charge on any atom is 0.338 e. The number of aromatic amines is 1. The second-order valence-corrected chi connectivity index (χ2v) is 5.74. The standard InChI is InChI=1S/C18H17N3O4/c1-11-13(14-4-2-3-5-17(14)20-11)8-9-19-16-7-6-12(21(24)25)10-15(16)18(22)23/h2-7,10,19-20H,8-9H2,1H3,(H,22,23). The van der Waals surface area contributed by atoms with E-state index < -0.39 is 10.9 Å². The number of benzene rings is 2. The van der Waals surface area contributed by atoms with Crippen LogP contribution in [0.4, 0.5) is 11.4 Å². The number of aromatic nitrogens is 1. The number of nitrogens with one attached hydrogen (secondary N) is 2. The van der Waals surface area contributed by atoms with Crippen LogP contribution in [0.3, 0.4) is 0 Å². The van der Waals surface area contributed by atoms with E-state index in [1.54, 1.807) is 0 Å². The van der Waals surface area contributed by atoms with Crippen molar-refractivity contribution in [2.45, 2.75) is 13.3 Å². The van der Waals surface area contributed by atoms with Crippen molar-refractivity contribution in [1.29, 1.82) is 0 Å². The third-order valence-electron chi connectivity index (χ3n) is 4.16. The molecule has 0 aliphatic heterocycles. The number of carboxylic acids is 1. The highest BCUT2D eigenvalue weighted by molar-refractivity contribution is 5.95. The predicted octanol–water partition coefficient (Wildman–Crippen LogP) is 3.74. The maximum atomic E-state index is 11.3. The quantitative estimate of drug-likeness (QED) is 0.468. The first-order chi connectivity index (χ1) is 12.0. The first kappa shape index (κ1) is 16.5. The summed E-state index contributed by atoms with van der Waals surface area (Å²) >= 11 is 0. The number of nitro groups is 1. The van der Waals surface area contributed by atoms with E-state index in [4.69, 9.17) is 0 Å². The van der Waals surface area contributed by atoms with E-state index in [1.165, 1.54) is 17.7 Å². The van der Waals surface area contributed by atoms with Gasteiger partial charge in [0.25, 0.3) is 5.69 Å². The Morgan fingerprint density at radius 1 is 1.28 bits per heavy atom. The van der Waals surface area contributed by atoms with Crippen molar-refractivity contribution < 1.29 is 14.8 Å². The van der Waals surface area contributed by atoms with Gasteiger partial charge in [0.2, 0.25) is 0 Å². The molecule has 0 spiro atoms. The van der Waals surface area contributed by atoms with Crippen molar-refractivity contribution in [1.82, 2.24) is 4.98 Å². The minimum atomic E-state index is -1.20. The van der Waals surface area contributed by atoms with Gasteiger partial charge in [-0.2, -0.15) is 0 Å². The maximum absolute atomic E-state index is 11.3. The summed E-state index contributed by atoms with van der Waals surface area (Å²) in [5, 5.41) is 24.3. The van der Waals surface area contributed by atoms with Gasteiger partial charge in [0.05, 0.1) is 10.5 Å². The van der Waals surface area contributed by atoms with Crippen LogP contribution in [0.5, 0.6) is 0 Å². The smallest absolute Gasteiger partial charge is 0.338 e. The van der Waals surface area contributed by atoms with Crippen LogP contribution < -0.4 is 5.32 Å². The van der Waals surface area contributed by atoms with Crippen LogP contribution in [-0.4, -0.2) is 27.5 Å². The zero-order chi connectivity index (χ0) is 18.0. The second kappa shape index (κ2) is 6.64. The Hall–Kier alpha value is -3.35. The number of hydrogen-bond donors (Lipinski definition) is 3. The van der Waals surface area contributed by atoms with Crippen LogP contribution in [0.25, 0.3) is 10.9 Å². The molecule has 0 aliphatic carbocycles. The number of anilines is 1. The summed E-state index contributed by atoms with van der Waals surface area (Å²) in [4.78, 5) is 24.9. The van der Waals surface area contributed by atoms with E-state index in [-0.39, 0.29) is 11.3 Å². The molecule has 3 N–H and O–H groups in total. The summed E-state index contributed by atoms with van der Waals surface area (Å²) < 4.78 is 0. The highest BCUT2D eigenvalue weighted by atomic mass is 16.6. The minimum absolute atomic E-state index is 0.107. The molecule has 3 aromatic rings. The average molecular weight is 339 g/mol. The summed E-state index contributed by atoms with van der Waals surface area (Å²) in [7, 11) is 0. The van der Waals surface area contributed by atoms with Gasteiger partial charge >= 0.3 is 5.97 Å². The molecule has 0 saturated carbocycles. The number of aromatic carboxylic acids is 1. The topological polar surface area (TPSA) is 108 Å². The van der Waals surface area contributed by atoms with Crippen LogP contribution in [0.1, 0.15) is 21.6 Å². The van der Waals surface area contributed by atoms with Crippen molar-refractivity contribution >= 4 is 28.2 Å². The molecule has 3 rings (SSSR count). The molecule has 128 valence electrons. The van der Waals surface area contributed by atoms with E-state index >= 15 is 0 Å². The van der Waals surface area contributed by atoms with Gasteiger partial charge in [0.1, 0.15) is 0 Å². The summed E-state index contributed by atoms with van der Waals surface area (Å²) in [6, 6.07) is 11.8. The lowest BCUT2D eigenvalue weighted by atomic mass is 10.1. The molecule has 0 unspecified atom stereocenters. The molecule has 0 atom stereocenters. The van der Waals surface area contributed by atoms with Crippen LogP contribution in [0.2, 0.25) is 0 Å². The second-order valence-electron chi connectivity index (χ2n) is 5.74. The summed E-state index contributed by atoms with van der Waals surface area (Å²) in [5.41, 5.74) is 3.33. The van der Waals surface area contributed by atoms with Gasteiger partial charge in [0, 0.05) is 41.0 Å². The molecule has 0 amide bonds. The van der Waals surface area contributed by atoms with E-state index in [0.29, 0.717) is 18.7 Å². The minimum Gasteiger partial charge on any atom is -0.478 e. The average Bonchev–Trinajstić information content (AvgIpc) is 2.90. The van der Waals surface area contributed by atoms with Gasteiger partial charge in [-0.3, -0.25) is 10.1 Å². The number of non-ortho nitro benzene ring substituents is 1. The van der Waals surface area contributed by atoms with Gasteiger partial charge in [-0.1, -0.05) is 18.2 Å². The van der Waals surface area contributed by atoms with Crippen molar-refractivity contribution in [3.63, 3.8) is 0 Å². The molecule has 0 aliphatic rings. The highest BCUT2D eigenvalue weighted by Crippen LogP contribution is 2.24. The van der Waals surface area contributed by atoms with Crippen LogP contribution >= 0.6 is 0 Å². The molecule has 0 bridgehead atoms. The number of carbonyl (C=O) groups is 1. The first-order valence-corrected chi connectivity index (χ1v) is 7.79. The van der Waals surface area contributed by atoms with Gasteiger partial charge in [-0.15, -0.1) is 0 Å². The summed E-state index contributed by atoms with van der Waals surface area (Å²) in [5.74, 6) is -1.20. The number of nitrogens with zero attached hydrogens (tertiary/aromatic N) is 1. The molecule has 2 aromatic carbocycles. The van der Waals surface area contributed by atoms with Gasteiger partial charge in [-0.25, -0.2) is 4.79 Å². The van der Waals surface area contributed by atoms with Crippen molar-refractivity contribution in [2.24, 2.45) is 0 Å². The molecule has 1 heterocycles. The van der Waals surface area contributed by atoms with Crippen LogP contribution in [0.15, 0.2) is 42.5 Å². The number of hydrogen-bond acceptors (Lipinski definition) is 4.